The van der Waals surface area contributed by atoms with E-state index in [1.165, 1.54) is 0 Å². The molecule has 2 aromatic carbocycles. The van der Waals surface area contributed by atoms with Gasteiger partial charge in [-0.3, -0.25) is 4.79 Å². The van der Waals surface area contributed by atoms with Crippen LogP contribution >= 0.6 is 0 Å². The van der Waals surface area contributed by atoms with E-state index < -0.39 is 0 Å². The third-order valence-electron chi connectivity index (χ3n) is 3.76. The average molecular weight is 322 g/mol. The summed E-state index contributed by atoms with van der Waals surface area (Å²) < 4.78 is 5.70. The Balaban J connectivity index is 2.01. The van der Waals surface area contributed by atoms with Crippen molar-refractivity contribution in [3.05, 3.63) is 65.2 Å². The second-order valence-electron chi connectivity index (χ2n) is 5.77. The number of nitrogens with zero attached hydrogens (tertiary/aromatic N) is 2. The molecule has 0 aromatic heterocycles. The molecule has 4 nitrogen and oxygen atoms in total. The molecule has 0 aliphatic carbocycles. The summed E-state index contributed by atoms with van der Waals surface area (Å²) >= 11 is 0. The van der Waals surface area contributed by atoms with Gasteiger partial charge >= 0.3 is 0 Å². The molecule has 0 aliphatic heterocycles. The van der Waals surface area contributed by atoms with E-state index in [-0.39, 0.29) is 12.5 Å². The zero-order chi connectivity index (χ0) is 17.4. The van der Waals surface area contributed by atoms with Gasteiger partial charge in [-0.05, 0) is 36.6 Å². The van der Waals surface area contributed by atoms with Crippen LogP contribution in [0.15, 0.2) is 48.5 Å². The lowest BCUT2D eigenvalue weighted by atomic mass is 10.1. The van der Waals surface area contributed by atoms with Crippen LogP contribution in [0.5, 0.6) is 5.75 Å². The van der Waals surface area contributed by atoms with Gasteiger partial charge in [0.1, 0.15) is 5.75 Å². The molecule has 0 radical (unpaired) electrons. The van der Waals surface area contributed by atoms with E-state index in [9.17, 15) is 4.79 Å². The predicted octanol–water partition coefficient (Wildman–Crippen LogP) is 3.62. The Bertz CT molecular complexity index is 720. The highest BCUT2D eigenvalue weighted by Gasteiger charge is 2.15. The largest absolute Gasteiger partial charge is 0.483 e. The smallest absolute Gasteiger partial charge is 0.260 e. The number of hydrogen-bond donors (Lipinski definition) is 0. The molecule has 0 saturated carbocycles. The number of ether oxygens (including phenoxy) is 1. The predicted molar refractivity (Wildman–Crippen MR) is 93.5 cm³/mol. The molecule has 0 spiro atoms. The van der Waals surface area contributed by atoms with Gasteiger partial charge in [0.05, 0.1) is 12.5 Å². The Morgan fingerprint density at radius 2 is 1.92 bits per heavy atom. The van der Waals surface area contributed by atoms with E-state index in [1.807, 2.05) is 62.4 Å². The highest BCUT2D eigenvalue weighted by molar-refractivity contribution is 5.77. The van der Waals surface area contributed by atoms with Gasteiger partial charge in [0.2, 0.25) is 0 Å². The van der Waals surface area contributed by atoms with E-state index in [0.29, 0.717) is 19.5 Å². The number of carbonyl (C=O) groups excluding carboxylic acids is 1. The van der Waals surface area contributed by atoms with Crippen molar-refractivity contribution in [2.24, 2.45) is 0 Å². The third-order valence-corrected chi connectivity index (χ3v) is 3.76. The van der Waals surface area contributed by atoms with Crippen LogP contribution in [0.1, 0.15) is 23.1 Å². The zero-order valence-electron chi connectivity index (χ0n) is 14.2. The van der Waals surface area contributed by atoms with Gasteiger partial charge in [-0.25, -0.2) is 0 Å². The first-order valence-corrected chi connectivity index (χ1v) is 7.99. The lowest BCUT2D eigenvalue weighted by molar-refractivity contribution is -0.133. The summed E-state index contributed by atoms with van der Waals surface area (Å²) in [6, 6.07) is 17.8. The molecule has 4 heteroatoms. The van der Waals surface area contributed by atoms with Crippen LogP contribution in [-0.4, -0.2) is 24.0 Å². The minimum atomic E-state index is -0.116. The minimum Gasteiger partial charge on any atom is -0.483 e. The van der Waals surface area contributed by atoms with E-state index in [0.717, 1.165) is 22.4 Å². The highest BCUT2D eigenvalue weighted by atomic mass is 16.5. The van der Waals surface area contributed by atoms with Gasteiger partial charge in [0, 0.05) is 13.1 Å². The lowest BCUT2D eigenvalue weighted by Crippen LogP contribution is -2.35. The first kappa shape index (κ1) is 17.6. The molecule has 0 fully saturated rings. The fourth-order valence-corrected chi connectivity index (χ4v) is 2.37. The Labute approximate surface area is 143 Å². The number of hydrogen-bond acceptors (Lipinski definition) is 3. The summed E-state index contributed by atoms with van der Waals surface area (Å²) in [5.74, 6) is 0.610. The van der Waals surface area contributed by atoms with E-state index in [4.69, 9.17) is 10.00 Å². The fraction of sp³-hybridized carbons (Fsp3) is 0.300. The van der Waals surface area contributed by atoms with Gasteiger partial charge in [0.25, 0.3) is 5.91 Å². The number of rotatable bonds is 7. The topological polar surface area (TPSA) is 53.3 Å². The number of carbonyl (C=O) groups is 1. The molecule has 0 aliphatic rings. The number of amides is 1. The summed E-state index contributed by atoms with van der Waals surface area (Å²) in [4.78, 5) is 14.2. The van der Waals surface area contributed by atoms with Crippen molar-refractivity contribution in [1.82, 2.24) is 4.90 Å². The summed E-state index contributed by atoms with van der Waals surface area (Å²) in [6.07, 6.45) is 0.308. The second kappa shape index (κ2) is 8.73. The number of nitriles is 1. The van der Waals surface area contributed by atoms with Gasteiger partial charge in [-0.2, -0.15) is 5.26 Å². The maximum atomic E-state index is 12.5. The molecule has 124 valence electrons. The van der Waals surface area contributed by atoms with Crippen molar-refractivity contribution >= 4 is 5.91 Å². The van der Waals surface area contributed by atoms with Crippen molar-refractivity contribution in [1.29, 1.82) is 5.26 Å². The van der Waals surface area contributed by atoms with Crippen molar-refractivity contribution in [2.45, 2.75) is 26.8 Å². The van der Waals surface area contributed by atoms with Crippen LogP contribution in [0.2, 0.25) is 0 Å². The fourth-order valence-electron chi connectivity index (χ4n) is 2.37. The Morgan fingerprint density at radius 1 is 1.17 bits per heavy atom. The standard InChI is InChI=1S/C20H22N2O2/c1-16-9-10-17(2)19(13-16)24-15-20(23)22(12-6-11-21)14-18-7-4-3-5-8-18/h3-5,7-10,13H,6,12,14-15H2,1-2H3. The van der Waals surface area contributed by atoms with Crippen LogP contribution in [-0.2, 0) is 11.3 Å². The van der Waals surface area contributed by atoms with Crippen molar-refractivity contribution in [3.63, 3.8) is 0 Å². The summed E-state index contributed by atoms with van der Waals surface area (Å²) in [5.41, 5.74) is 3.13. The van der Waals surface area contributed by atoms with Crippen molar-refractivity contribution in [3.8, 4) is 11.8 Å². The molecule has 1 amide bonds. The molecule has 0 unspecified atom stereocenters. The van der Waals surface area contributed by atoms with Crippen molar-refractivity contribution in [2.75, 3.05) is 13.2 Å². The Hall–Kier alpha value is -2.80. The van der Waals surface area contributed by atoms with Crippen molar-refractivity contribution < 1.29 is 9.53 Å². The molecule has 0 saturated heterocycles. The van der Waals surface area contributed by atoms with Gasteiger partial charge < -0.3 is 9.64 Å². The first-order chi connectivity index (χ1) is 11.6. The molecule has 2 rings (SSSR count). The maximum Gasteiger partial charge on any atom is 0.260 e. The molecule has 0 bridgehead atoms. The lowest BCUT2D eigenvalue weighted by Gasteiger charge is -2.22. The molecule has 0 N–H and O–H groups in total. The van der Waals surface area contributed by atoms with Crippen LogP contribution in [0.4, 0.5) is 0 Å². The summed E-state index contributed by atoms with van der Waals surface area (Å²) in [7, 11) is 0. The normalized spacial score (nSPS) is 10.0. The average Bonchev–Trinajstić information content (AvgIpc) is 2.60. The van der Waals surface area contributed by atoms with Gasteiger partial charge in [0.15, 0.2) is 6.61 Å². The van der Waals surface area contributed by atoms with Gasteiger partial charge in [-0.1, -0.05) is 42.5 Å². The Morgan fingerprint density at radius 3 is 2.62 bits per heavy atom. The first-order valence-electron chi connectivity index (χ1n) is 7.99. The van der Waals surface area contributed by atoms with Crippen LogP contribution in [0.25, 0.3) is 0 Å². The second-order valence-corrected chi connectivity index (χ2v) is 5.77. The monoisotopic (exact) mass is 322 g/mol. The molecule has 0 heterocycles. The van der Waals surface area contributed by atoms with Crippen LogP contribution in [0.3, 0.4) is 0 Å². The number of aryl methyl sites for hydroxylation is 2. The quantitative estimate of drug-likeness (QED) is 0.782. The maximum absolute atomic E-state index is 12.5. The van der Waals surface area contributed by atoms with E-state index in [1.54, 1.807) is 4.90 Å². The zero-order valence-corrected chi connectivity index (χ0v) is 14.2. The van der Waals surface area contributed by atoms with Crippen LogP contribution in [0, 0.1) is 25.2 Å². The highest BCUT2D eigenvalue weighted by Crippen LogP contribution is 2.19. The van der Waals surface area contributed by atoms with E-state index >= 15 is 0 Å². The SMILES string of the molecule is Cc1ccc(C)c(OCC(=O)N(CCC#N)Cc2ccccc2)c1. The summed E-state index contributed by atoms with van der Waals surface area (Å²) in [5, 5.41) is 8.82. The van der Waals surface area contributed by atoms with Crippen LogP contribution < -0.4 is 4.74 Å². The molecular formula is C20H22N2O2. The molecular weight excluding hydrogens is 300 g/mol. The third kappa shape index (κ3) is 5.13. The minimum absolute atomic E-state index is 0.0252. The number of benzene rings is 2. The Kier molecular flexibility index (Phi) is 6.39. The van der Waals surface area contributed by atoms with E-state index in [2.05, 4.69) is 6.07 Å². The van der Waals surface area contributed by atoms with Gasteiger partial charge in [-0.15, -0.1) is 0 Å². The molecule has 0 atom stereocenters. The molecule has 2 aromatic rings. The summed E-state index contributed by atoms with van der Waals surface area (Å²) in [6.45, 7) is 4.81. The molecule has 24 heavy (non-hydrogen) atoms.